The van der Waals surface area contributed by atoms with Gasteiger partial charge in [0.1, 0.15) is 0 Å². The lowest BCUT2D eigenvalue weighted by Gasteiger charge is -2.12. The van der Waals surface area contributed by atoms with Crippen LogP contribution in [0, 0.1) is 0 Å². The summed E-state index contributed by atoms with van der Waals surface area (Å²) in [6.07, 6.45) is 3.31. The summed E-state index contributed by atoms with van der Waals surface area (Å²) >= 11 is 0. The first-order valence-electron chi connectivity index (χ1n) is 5.55. The lowest BCUT2D eigenvalue weighted by molar-refractivity contribution is 0.564. The van der Waals surface area contributed by atoms with Crippen LogP contribution in [0.15, 0.2) is 23.0 Å². The molecule has 0 saturated heterocycles. The van der Waals surface area contributed by atoms with Gasteiger partial charge in [0.2, 0.25) is 17.8 Å². The van der Waals surface area contributed by atoms with E-state index < -0.39 is 0 Å². The summed E-state index contributed by atoms with van der Waals surface area (Å²) in [6.45, 7) is 0.608. The average Bonchev–Trinajstić information content (AvgIpc) is 2.89. The Labute approximate surface area is 105 Å². The highest BCUT2D eigenvalue weighted by atomic mass is 16.3. The largest absolute Gasteiger partial charge is 0.472 e. The summed E-state index contributed by atoms with van der Waals surface area (Å²) in [5.41, 5.74) is 1.04. The fourth-order valence-electron chi connectivity index (χ4n) is 1.33. The second-order valence-corrected chi connectivity index (χ2v) is 3.91. The monoisotopic (exact) mass is 248 g/mol. The van der Waals surface area contributed by atoms with Crippen LogP contribution in [0.1, 0.15) is 5.56 Å². The molecular formula is C11H16N6O. The van der Waals surface area contributed by atoms with E-state index in [0.717, 1.165) is 5.56 Å². The zero-order chi connectivity index (χ0) is 13.0. The van der Waals surface area contributed by atoms with E-state index in [1.54, 1.807) is 19.6 Å². The number of nitrogens with one attached hydrogen (secondary N) is 2. The molecule has 0 spiro atoms. The van der Waals surface area contributed by atoms with Gasteiger partial charge in [-0.15, -0.1) is 0 Å². The van der Waals surface area contributed by atoms with Gasteiger partial charge in [-0.25, -0.2) is 0 Å². The summed E-state index contributed by atoms with van der Waals surface area (Å²) in [7, 11) is 5.54. The first-order valence-corrected chi connectivity index (χ1v) is 5.55. The Bertz CT molecular complexity index is 496. The van der Waals surface area contributed by atoms with Gasteiger partial charge in [-0.1, -0.05) is 0 Å². The fraction of sp³-hybridized carbons (Fsp3) is 0.364. The van der Waals surface area contributed by atoms with Gasteiger partial charge in [-0.2, -0.15) is 15.0 Å². The Morgan fingerprint density at radius 3 is 2.61 bits per heavy atom. The standard InChI is InChI=1S/C11H16N6O/c1-12-9-14-10(16-11(15-9)17(2)3)13-6-8-4-5-18-7-8/h4-5,7H,6H2,1-3H3,(H2,12,13,14,15,16). The number of anilines is 3. The molecule has 0 aliphatic heterocycles. The molecule has 96 valence electrons. The first-order chi connectivity index (χ1) is 8.69. The van der Waals surface area contributed by atoms with E-state index >= 15 is 0 Å². The highest BCUT2D eigenvalue weighted by Gasteiger charge is 2.07. The van der Waals surface area contributed by atoms with Crippen LogP contribution < -0.4 is 15.5 Å². The predicted octanol–water partition coefficient (Wildman–Crippen LogP) is 1.18. The summed E-state index contributed by atoms with van der Waals surface area (Å²) in [6, 6.07) is 1.89. The Kier molecular flexibility index (Phi) is 3.61. The van der Waals surface area contributed by atoms with Gasteiger partial charge in [0.25, 0.3) is 0 Å². The van der Waals surface area contributed by atoms with Crippen LogP contribution in [0.3, 0.4) is 0 Å². The van der Waals surface area contributed by atoms with Crippen LogP contribution in [0.2, 0.25) is 0 Å². The van der Waals surface area contributed by atoms with Crippen LogP contribution in [0.5, 0.6) is 0 Å². The Morgan fingerprint density at radius 1 is 1.22 bits per heavy atom. The van der Waals surface area contributed by atoms with Crippen LogP contribution in [0.4, 0.5) is 17.8 Å². The molecule has 0 atom stereocenters. The second-order valence-electron chi connectivity index (χ2n) is 3.91. The molecule has 2 rings (SSSR count). The number of aromatic nitrogens is 3. The molecule has 7 nitrogen and oxygen atoms in total. The molecule has 0 aliphatic carbocycles. The molecule has 0 aromatic carbocycles. The molecule has 0 fully saturated rings. The van der Waals surface area contributed by atoms with Gasteiger partial charge < -0.3 is 20.0 Å². The molecule has 2 aromatic rings. The Hall–Kier alpha value is -2.31. The zero-order valence-corrected chi connectivity index (χ0v) is 10.6. The zero-order valence-electron chi connectivity index (χ0n) is 10.6. The van der Waals surface area contributed by atoms with E-state index in [2.05, 4.69) is 25.6 Å². The third-order valence-electron chi connectivity index (χ3n) is 2.28. The summed E-state index contributed by atoms with van der Waals surface area (Å²) in [5, 5.41) is 6.04. The molecule has 2 N–H and O–H groups in total. The van der Waals surface area contributed by atoms with E-state index in [1.165, 1.54) is 0 Å². The molecule has 0 unspecified atom stereocenters. The van der Waals surface area contributed by atoms with Gasteiger partial charge >= 0.3 is 0 Å². The SMILES string of the molecule is CNc1nc(NCc2ccoc2)nc(N(C)C)n1. The number of rotatable bonds is 5. The van der Waals surface area contributed by atoms with Crippen LogP contribution in [0.25, 0.3) is 0 Å². The van der Waals surface area contributed by atoms with E-state index in [9.17, 15) is 0 Å². The fourth-order valence-corrected chi connectivity index (χ4v) is 1.33. The molecular weight excluding hydrogens is 232 g/mol. The Balaban J connectivity index is 2.13. The molecule has 0 bridgehead atoms. The van der Waals surface area contributed by atoms with Crippen molar-refractivity contribution in [2.24, 2.45) is 0 Å². The van der Waals surface area contributed by atoms with Gasteiger partial charge in [-0.05, 0) is 6.07 Å². The topological polar surface area (TPSA) is 79.1 Å². The number of hydrogen-bond donors (Lipinski definition) is 2. The molecule has 18 heavy (non-hydrogen) atoms. The van der Waals surface area contributed by atoms with Gasteiger partial charge in [0.15, 0.2) is 0 Å². The van der Waals surface area contributed by atoms with Gasteiger partial charge in [-0.3, -0.25) is 0 Å². The van der Waals surface area contributed by atoms with Crippen molar-refractivity contribution in [3.8, 4) is 0 Å². The third kappa shape index (κ3) is 2.88. The molecule has 0 saturated carbocycles. The molecule has 2 aromatic heterocycles. The normalized spacial score (nSPS) is 10.2. The van der Waals surface area contributed by atoms with Crippen molar-refractivity contribution in [3.05, 3.63) is 24.2 Å². The second kappa shape index (κ2) is 5.35. The smallest absolute Gasteiger partial charge is 0.231 e. The lowest BCUT2D eigenvalue weighted by atomic mass is 10.3. The van der Waals surface area contributed by atoms with E-state index in [1.807, 2.05) is 25.1 Å². The number of hydrogen-bond acceptors (Lipinski definition) is 7. The summed E-state index contributed by atoms with van der Waals surface area (Å²) in [5.74, 6) is 1.66. The minimum atomic E-state index is 0.527. The van der Waals surface area contributed by atoms with Crippen LogP contribution >= 0.6 is 0 Å². The minimum absolute atomic E-state index is 0.527. The van der Waals surface area contributed by atoms with Crippen molar-refractivity contribution in [1.29, 1.82) is 0 Å². The molecule has 0 amide bonds. The van der Waals surface area contributed by atoms with E-state index in [4.69, 9.17) is 4.42 Å². The third-order valence-corrected chi connectivity index (χ3v) is 2.28. The van der Waals surface area contributed by atoms with E-state index in [-0.39, 0.29) is 0 Å². The van der Waals surface area contributed by atoms with E-state index in [0.29, 0.717) is 24.4 Å². The van der Waals surface area contributed by atoms with Crippen molar-refractivity contribution >= 4 is 17.8 Å². The maximum atomic E-state index is 5.00. The first kappa shape index (κ1) is 12.2. The summed E-state index contributed by atoms with van der Waals surface area (Å²) < 4.78 is 5.00. The van der Waals surface area contributed by atoms with Crippen molar-refractivity contribution < 1.29 is 4.42 Å². The molecule has 0 aliphatic rings. The maximum absolute atomic E-state index is 5.00. The summed E-state index contributed by atoms with van der Waals surface area (Å²) in [4.78, 5) is 14.6. The molecule has 7 heteroatoms. The van der Waals surface area contributed by atoms with Gasteiger partial charge in [0, 0.05) is 33.3 Å². The van der Waals surface area contributed by atoms with Crippen LogP contribution in [-0.4, -0.2) is 36.1 Å². The van der Waals surface area contributed by atoms with Crippen LogP contribution in [-0.2, 0) is 6.54 Å². The van der Waals surface area contributed by atoms with Crippen molar-refractivity contribution in [2.75, 3.05) is 36.7 Å². The highest BCUT2D eigenvalue weighted by molar-refractivity contribution is 5.42. The number of nitrogens with zero attached hydrogens (tertiary/aromatic N) is 4. The van der Waals surface area contributed by atoms with Crippen molar-refractivity contribution in [3.63, 3.8) is 0 Å². The maximum Gasteiger partial charge on any atom is 0.231 e. The quantitative estimate of drug-likeness (QED) is 0.822. The molecule has 0 radical (unpaired) electrons. The van der Waals surface area contributed by atoms with Crippen molar-refractivity contribution in [1.82, 2.24) is 15.0 Å². The average molecular weight is 248 g/mol. The predicted molar refractivity (Wildman–Crippen MR) is 69.7 cm³/mol. The lowest BCUT2D eigenvalue weighted by Crippen LogP contribution is -2.16. The minimum Gasteiger partial charge on any atom is -0.472 e. The van der Waals surface area contributed by atoms with Gasteiger partial charge in [0.05, 0.1) is 12.5 Å². The number of furan rings is 1. The van der Waals surface area contributed by atoms with Crippen molar-refractivity contribution in [2.45, 2.75) is 6.54 Å². The molecule has 2 heterocycles. The Morgan fingerprint density at radius 2 is 2.00 bits per heavy atom. The highest BCUT2D eigenvalue weighted by Crippen LogP contribution is 2.12.